The molecule has 2 atom stereocenters. The lowest BCUT2D eigenvalue weighted by Gasteiger charge is -2.28. The number of rotatable bonds is 19. The summed E-state index contributed by atoms with van der Waals surface area (Å²) in [5, 5.41) is 0. The summed E-state index contributed by atoms with van der Waals surface area (Å²) in [5.41, 5.74) is 0. The van der Waals surface area contributed by atoms with Crippen molar-refractivity contribution >= 4 is 11.9 Å². The first-order valence-electron chi connectivity index (χ1n) is 13.5. The van der Waals surface area contributed by atoms with E-state index in [2.05, 4.69) is 6.92 Å². The summed E-state index contributed by atoms with van der Waals surface area (Å²) in [5.74, 6) is -1.02. The third-order valence-electron chi connectivity index (χ3n) is 6.65. The Kier molecular flexibility index (Phi) is 17.7. The van der Waals surface area contributed by atoms with E-state index in [0.717, 1.165) is 38.5 Å². The highest BCUT2D eigenvalue weighted by Crippen LogP contribution is 2.32. The second kappa shape index (κ2) is 19.6. The van der Waals surface area contributed by atoms with Crippen LogP contribution in [0.4, 0.5) is 0 Å². The first-order valence-corrected chi connectivity index (χ1v) is 13.5. The molecule has 0 aromatic rings. The fourth-order valence-electron chi connectivity index (χ4n) is 4.70. The van der Waals surface area contributed by atoms with Crippen LogP contribution in [0.5, 0.6) is 0 Å². The van der Waals surface area contributed by atoms with Gasteiger partial charge in [-0.3, -0.25) is 9.59 Å². The summed E-state index contributed by atoms with van der Waals surface area (Å²) >= 11 is 0. The molecular weight excluding hydrogens is 388 g/mol. The number of hydrogen-bond acceptors (Lipinski definition) is 4. The standard InChI is InChI=1S/C27H50O4/c1-3-5-6-7-8-9-10-11-12-13-14-15-16-17-20-23-31-27(29)25-22-19-18-21-24(25)26(28)30-4-2/h24-25H,3-23H2,1-2H3. The van der Waals surface area contributed by atoms with E-state index in [1.807, 2.05) is 6.92 Å². The van der Waals surface area contributed by atoms with Gasteiger partial charge in [-0.05, 0) is 26.2 Å². The van der Waals surface area contributed by atoms with E-state index in [1.165, 1.54) is 83.5 Å². The molecule has 0 saturated heterocycles. The molecular formula is C27H50O4. The Morgan fingerprint density at radius 3 is 1.39 bits per heavy atom. The minimum atomic E-state index is -0.303. The fourth-order valence-corrected chi connectivity index (χ4v) is 4.70. The number of carbonyl (C=O) groups excluding carboxylic acids is 2. The fraction of sp³-hybridized carbons (Fsp3) is 0.926. The molecule has 1 aliphatic carbocycles. The van der Waals surface area contributed by atoms with Crippen molar-refractivity contribution in [3.8, 4) is 0 Å². The van der Waals surface area contributed by atoms with Crippen LogP contribution in [0.2, 0.25) is 0 Å². The smallest absolute Gasteiger partial charge is 0.309 e. The van der Waals surface area contributed by atoms with Gasteiger partial charge in [0.05, 0.1) is 25.0 Å². The average molecular weight is 439 g/mol. The molecule has 1 rings (SSSR count). The molecule has 0 aliphatic heterocycles. The van der Waals surface area contributed by atoms with Gasteiger partial charge in [-0.1, -0.05) is 110 Å². The Morgan fingerprint density at radius 2 is 0.968 bits per heavy atom. The van der Waals surface area contributed by atoms with Gasteiger partial charge < -0.3 is 9.47 Å². The molecule has 0 radical (unpaired) electrons. The van der Waals surface area contributed by atoms with E-state index in [0.29, 0.717) is 13.2 Å². The second-order valence-corrected chi connectivity index (χ2v) is 9.37. The third kappa shape index (κ3) is 13.9. The topological polar surface area (TPSA) is 52.6 Å². The van der Waals surface area contributed by atoms with Crippen molar-refractivity contribution in [1.29, 1.82) is 0 Å². The van der Waals surface area contributed by atoms with Crippen molar-refractivity contribution in [1.82, 2.24) is 0 Å². The minimum absolute atomic E-state index is 0.192. The highest BCUT2D eigenvalue weighted by molar-refractivity contribution is 5.82. The van der Waals surface area contributed by atoms with E-state index in [-0.39, 0.29) is 23.8 Å². The molecule has 0 aromatic carbocycles. The minimum Gasteiger partial charge on any atom is -0.466 e. The van der Waals surface area contributed by atoms with Crippen LogP contribution < -0.4 is 0 Å². The molecule has 0 N–H and O–H groups in total. The van der Waals surface area contributed by atoms with Crippen LogP contribution in [0.25, 0.3) is 0 Å². The molecule has 4 heteroatoms. The maximum absolute atomic E-state index is 12.4. The zero-order valence-electron chi connectivity index (χ0n) is 20.6. The largest absolute Gasteiger partial charge is 0.466 e. The van der Waals surface area contributed by atoms with Crippen LogP contribution in [-0.2, 0) is 19.1 Å². The normalized spacial score (nSPS) is 18.6. The summed E-state index contributed by atoms with van der Waals surface area (Å²) in [4.78, 5) is 24.5. The quantitative estimate of drug-likeness (QED) is 0.153. The Balaban J connectivity index is 1.93. The number of unbranched alkanes of at least 4 members (excludes halogenated alkanes) is 14. The van der Waals surface area contributed by atoms with Gasteiger partial charge in [0, 0.05) is 0 Å². The Labute approximate surface area is 192 Å². The molecule has 4 nitrogen and oxygen atoms in total. The van der Waals surface area contributed by atoms with Crippen LogP contribution in [0.15, 0.2) is 0 Å². The van der Waals surface area contributed by atoms with E-state index < -0.39 is 0 Å². The van der Waals surface area contributed by atoms with Crippen LogP contribution in [0.1, 0.15) is 136 Å². The van der Waals surface area contributed by atoms with E-state index in [4.69, 9.17) is 9.47 Å². The Morgan fingerprint density at radius 1 is 0.581 bits per heavy atom. The zero-order chi connectivity index (χ0) is 22.6. The van der Waals surface area contributed by atoms with Crippen LogP contribution in [0, 0.1) is 11.8 Å². The van der Waals surface area contributed by atoms with Gasteiger partial charge in [0.15, 0.2) is 0 Å². The molecule has 182 valence electrons. The van der Waals surface area contributed by atoms with E-state index in [1.54, 1.807) is 0 Å². The molecule has 1 fully saturated rings. The highest BCUT2D eigenvalue weighted by Gasteiger charge is 2.37. The molecule has 0 bridgehead atoms. The maximum atomic E-state index is 12.4. The predicted molar refractivity (Wildman–Crippen MR) is 128 cm³/mol. The molecule has 31 heavy (non-hydrogen) atoms. The van der Waals surface area contributed by atoms with Crippen LogP contribution in [0.3, 0.4) is 0 Å². The summed E-state index contributed by atoms with van der Waals surface area (Å²) in [7, 11) is 0. The molecule has 0 aromatic heterocycles. The van der Waals surface area contributed by atoms with Crippen molar-refractivity contribution in [3.63, 3.8) is 0 Å². The summed E-state index contributed by atoms with van der Waals surface area (Å²) in [6.07, 6.45) is 23.4. The SMILES string of the molecule is CCCCCCCCCCCCCCCCCOC(=O)C1CCCCC1C(=O)OCC. The van der Waals surface area contributed by atoms with Gasteiger partial charge in [-0.15, -0.1) is 0 Å². The van der Waals surface area contributed by atoms with E-state index in [9.17, 15) is 9.59 Å². The van der Waals surface area contributed by atoms with Crippen molar-refractivity contribution in [3.05, 3.63) is 0 Å². The van der Waals surface area contributed by atoms with Crippen LogP contribution in [-0.4, -0.2) is 25.2 Å². The lowest BCUT2D eigenvalue weighted by atomic mass is 9.79. The van der Waals surface area contributed by atoms with Gasteiger partial charge >= 0.3 is 11.9 Å². The summed E-state index contributed by atoms with van der Waals surface area (Å²) in [6, 6.07) is 0. The van der Waals surface area contributed by atoms with Crippen molar-refractivity contribution < 1.29 is 19.1 Å². The number of esters is 2. The van der Waals surface area contributed by atoms with Crippen LogP contribution >= 0.6 is 0 Å². The lowest BCUT2D eigenvalue weighted by Crippen LogP contribution is -2.35. The molecule has 0 heterocycles. The van der Waals surface area contributed by atoms with Gasteiger partial charge in [-0.2, -0.15) is 0 Å². The third-order valence-corrected chi connectivity index (χ3v) is 6.65. The molecule has 0 spiro atoms. The first-order chi connectivity index (χ1) is 15.2. The average Bonchev–Trinajstić information content (AvgIpc) is 2.78. The molecule has 2 unspecified atom stereocenters. The molecule has 1 saturated carbocycles. The van der Waals surface area contributed by atoms with Crippen molar-refractivity contribution in [2.45, 2.75) is 136 Å². The lowest BCUT2D eigenvalue weighted by molar-refractivity contribution is -0.162. The van der Waals surface area contributed by atoms with Gasteiger partial charge in [0.1, 0.15) is 0 Å². The Bertz CT molecular complexity index is 449. The van der Waals surface area contributed by atoms with Crippen molar-refractivity contribution in [2.75, 3.05) is 13.2 Å². The van der Waals surface area contributed by atoms with Crippen molar-refractivity contribution in [2.24, 2.45) is 11.8 Å². The first kappa shape index (κ1) is 28.0. The van der Waals surface area contributed by atoms with Gasteiger partial charge in [0.2, 0.25) is 0 Å². The van der Waals surface area contributed by atoms with Gasteiger partial charge in [-0.25, -0.2) is 0 Å². The second-order valence-electron chi connectivity index (χ2n) is 9.37. The number of carbonyl (C=O) groups is 2. The maximum Gasteiger partial charge on any atom is 0.309 e. The molecule has 0 amide bonds. The number of ether oxygens (including phenoxy) is 2. The summed E-state index contributed by atoms with van der Waals surface area (Å²) < 4.78 is 10.7. The summed E-state index contributed by atoms with van der Waals surface area (Å²) in [6.45, 7) is 4.94. The molecule has 1 aliphatic rings. The van der Waals surface area contributed by atoms with E-state index >= 15 is 0 Å². The Hall–Kier alpha value is -1.06. The highest BCUT2D eigenvalue weighted by atomic mass is 16.5. The predicted octanol–water partition coefficient (Wildman–Crippen LogP) is 7.77. The number of hydrogen-bond donors (Lipinski definition) is 0. The van der Waals surface area contributed by atoms with Gasteiger partial charge in [0.25, 0.3) is 0 Å². The monoisotopic (exact) mass is 438 g/mol. The zero-order valence-corrected chi connectivity index (χ0v) is 20.6.